The van der Waals surface area contributed by atoms with Gasteiger partial charge in [-0.05, 0) is 30.9 Å². The largest absolute Gasteiger partial charge is 0.396 e. The lowest BCUT2D eigenvalue weighted by Crippen LogP contribution is -2.38. The molecule has 0 radical (unpaired) electrons. The van der Waals surface area contributed by atoms with Gasteiger partial charge in [-0.25, -0.2) is 15.0 Å². The van der Waals surface area contributed by atoms with E-state index in [2.05, 4.69) is 44.2 Å². The molecule has 2 aliphatic heterocycles. The van der Waals surface area contributed by atoms with Gasteiger partial charge < -0.3 is 20.1 Å². The molecular formula is C22H25N5O3S. The highest BCUT2D eigenvalue weighted by molar-refractivity contribution is 7.20. The van der Waals surface area contributed by atoms with Crippen molar-refractivity contribution in [3.8, 4) is 0 Å². The van der Waals surface area contributed by atoms with Crippen molar-refractivity contribution in [3.63, 3.8) is 0 Å². The van der Waals surface area contributed by atoms with Gasteiger partial charge in [0.15, 0.2) is 10.8 Å². The van der Waals surface area contributed by atoms with Crippen LogP contribution in [0.15, 0.2) is 30.6 Å². The number of carbonyl (C=O) groups excluding carboxylic acids is 1. The first-order valence-electron chi connectivity index (χ1n) is 10.6. The number of nitrogens with zero attached hydrogens (tertiary/aromatic N) is 4. The number of nitrogens with one attached hydrogen (secondary N) is 1. The molecule has 8 nitrogen and oxygen atoms in total. The van der Waals surface area contributed by atoms with E-state index in [1.165, 1.54) is 23.2 Å². The highest BCUT2D eigenvalue weighted by atomic mass is 32.1. The minimum atomic E-state index is -0.193. The molecule has 1 saturated heterocycles. The van der Waals surface area contributed by atoms with Crippen LogP contribution in [0, 0.1) is 0 Å². The van der Waals surface area contributed by atoms with Gasteiger partial charge >= 0.3 is 0 Å². The summed E-state index contributed by atoms with van der Waals surface area (Å²) in [5, 5.41) is 13.1. The summed E-state index contributed by atoms with van der Waals surface area (Å²) in [6.07, 6.45) is 3.82. The van der Waals surface area contributed by atoms with E-state index in [0.29, 0.717) is 47.4 Å². The lowest BCUT2D eigenvalue weighted by molar-refractivity contribution is 0.0696. The van der Waals surface area contributed by atoms with Crippen molar-refractivity contribution in [2.24, 2.45) is 0 Å². The zero-order valence-corrected chi connectivity index (χ0v) is 18.2. The fourth-order valence-corrected chi connectivity index (χ4v) is 5.32. The number of fused-ring (bicyclic) bond motifs is 2. The summed E-state index contributed by atoms with van der Waals surface area (Å²) in [6.45, 7) is 4.29. The number of thiazole rings is 1. The maximum Gasteiger partial charge on any atom is 0.280 e. The molecule has 31 heavy (non-hydrogen) atoms. The van der Waals surface area contributed by atoms with Gasteiger partial charge in [0.2, 0.25) is 0 Å². The fraction of sp³-hybridized carbons (Fsp3) is 0.455. The van der Waals surface area contributed by atoms with E-state index in [9.17, 15) is 9.90 Å². The summed E-state index contributed by atoms with van der Waals surface area (Å²) in [7, 11) is 0. The standard InChI is InChI=1S/C22H25N5O3S/c1-22(8-9-28)12-27(16-5-3-2-4-15(16)22)18-17-20(24-13-23-18)31-21(26-17)19(29)25-14-6-10-30-11-7-14/h2-5,13-14,28H,6-12H2,1H3,(H,25,29). The van der Waals surface area contributed by atoms with Gasteiger partial charge in [0.05, 0.1) is 0 Å². The Morgan fingerprint density at radius 2 is 2.13 bits per heavy atom. The molecule has 162 valence electrons. The van der Waals surface area contributed by atoms with Gasteiger partial charge in [-0.15, -0.1) is 0 Å². The second-order valence-electron chi connectivity index (χ2n) is 8.37. The van der Waals surface area contributed by atoms with Crippen LogP contribution >= 0.6 is 11.3 Å². The van der Waals surface area contributed by atoms with Crippen LogP contribution in [0.4, 0.5) is 11.5 Å². The van der Waals surface area contributed by atoms with Gasteiger partial charge in [0, 0.05) is 43.5 Å². The molecule has 1 fully saturated rings. The first-order valence-corrected chi connectivity index (χ1v) is 11.4. The van der Waals surface area contributed by atoms with Crippen molar-refractivity contribution in [3.05, 3.63) is 41.2 Å². The SMILES string of the molecule is CC1(CCO)CN(c2ncnc3sc(C(=O)NC4CCOCC4)nc23)c2ccccc21. The predicted molar refractivity (Wildman–Crippen MR) is 119 cm³/mol. The molecule has 0 spiro atoms. The molecule has 3 aromatic rings. The summed E-state index contributed by atoms with van der Waals surface area (Å²) < 4.78 is 5.37. The van der Waals surface area contributed by atoms with E-state index in [1.807, 2.05) is 12.1 Å². The highest BCUT2D eigenvalue weighted by Gasteiger charge is 2.40. The topological polar surface area (TPSA) is 100 Å². The fourth-order valence-electron chi connectivity index (χ4n) is 4.51. The number of para-hydroxylation sites is 1. The van der Waals surface area contributed by atoms with E-state index >= 15 is 0 Å². The van der Waals surface area contributed by atoms with E-state index < -0.39 is 0 Å². The Kier molecular flexibility index (Phi) is 5.33. The molecule has 2 aliphatic rings. The van der Waals surface area contributed by atoms with Crippen molar-refractivity contribution in [2.75, 3.05) is 31.3 Å². The second-order valence-corrected chi connectivity index (χ2v) is 9.35. The van der Waals surface area contributed by atoms with Crippen LogP contribution in [-0.2, 0) is 10.2 Å². The summed E-state index contributed by atoms with van der Waals surface area (Å²) >= 11 is 1.29. The smallest absolute Gasteiger partial charge is 0.280 e. The molecule has 1 atom stereocenters. The lowest BCUT2D eigenvalue weighted by Gasteiger charge is -2.25. The first kappa shape index (κ1) is 20.3. The van der Waals surface area contributed by atoms with E-state index in [0.717, 1.165) is 18.5 Å². The number of rotatable bonds is 5. The van der Waals surface area contributed by atoms with Crippen LogP contribution in [0.25, 0.3) is 10.3 Å². The lowest BCUT2D eigenvalue weighted by atomic mass is 9.82. The molecule has 2 N–H and O–H groups in total. The quantitative estimate of drug-likeness (QED) is 0.630. The number of ether oxygens (including phenoxy) is 1. The molecule has 4 heterocycles. The third-order valence-corrected chi connectivity index (χ3v) is 7.16. The van der Waals surface area contributed by atoms with E-state index in [-0.39, 0.29) is 24.0 Å². The minimum Gasteiger partial charge on any atom is -0.396 e. The summed E-state index contributed by atoms with van der Waals surface area (Å²) in [4.78, 5) is 29.2. The molecule has 0 bridgehead atoms. The summed E-state index contributed by atoms with van der Waals surface area (Å²) in [5.74, 6) is 0.522. The normalized spacial score (nSPS) is 21.4. The van der Waals surface area contributed by atoms with Crippen LogP contribution in [0.5, 0.6) is 0 Å². The minimum absolute atomic E-state index is 0.114. The second kappa shape index (κ2) is 8.14. The Morgan fingerprint density at radius 1 is 1.32 bits per heavy atom. The first-order chi connectivity index (χ1) is 15.1. The van der Waals surface area contributed by atoms with Crippen molar-refractivity contribution in [1.82, 2.24) is 20.3 Å². The number of anilines is 2. The van der Waals surface area contributed by atoms with Crippen LogP contribution in [-0.4, -0.2) is 58.4 Å². The molecule has 0 aliphatic carbocycles. The molecular weight excluding hydrogens is 414 g/mol. The number of benzene rings is 1. The molecule has 1 amide bonds. The Bertz CT molecular complexity index is 1110. The summed E-state index contributed by atoms with van der Waals surface area (Å²) in [6, 6.07) is 8.31. The van der Waals surface area contributed by atoms with Gasteiger partial charge in [0.25, 0.3) is 5.91 Å². The Balaban J connectivity index is 1.49. The molecule has 9 heteroatoms. The zero-order chi connectivity index (χ0) is 21.4. The van der Waals surface area contributed by atoms with Crippen molar-refractivity contribution in [2.45, 2.75) is 37.6 Å². The van der Waals surface area contributed by atoms with Crippen LogP contribution in [0.3, 0.4) is 0 Å². The molecule has 0 saturated carbocycles. The number of aromatic nitrogens is 3. The number of hydrogen-bond acceptors (Lipinski definition) is 8. The molecule has 2 aromatic heterocycles. The molecule has 1 aromatic carbocycles. The van der Waals surface area contributed by atoms with Crippen molar-refractivity contribution >= 4 is 39.1 Å². The van der Waals surface area contributed by atoms with Crippen LogP contribution in [0.2, 0.25) is 0 Å². The number of carbonyl (C=O) groups is 1. The van der Waals surface area contributed by atoms with Gasteiger partial charge in [-0.3, -0.25) is 4.79 Å². The van der Waals surface area contributed by atoms with Gasteiger partial charge in [-0.1, -0.05) is 36.5 Å². The predicted octanol–water partition coefficient (Wildman–Crippen LogP) is 2.79. The maximum absolute atomic E-state index is 12.8. The van der Waals surface area contributed by atoms with Crippen LogP contribution < -0.4 is 10.2 Å². The Hall–Kier alpha value is -2.62. The molecule has 1 unspecified atom stereocenters. The monoisotopic (exact) mass is 439 g/mol. The van der Waals surface area contributed by atoms with Gasteiger partial charge in [-0.2, -0.15) is 0 Å². The van der Waals surface area contributed by atoms with Crippen molar-refractivity contribution in [1.29, 1.82) is 0 Å². The van der Waals surface area contributed by atoms with Gasteiger partial charge in [0.1, 0.15) is 16.7 Å². The third-order valence-electron chi connectivity index (χ3n) is 6.20. The van der Waals surface area contributed by atoms with Crippen molar-refractivity contribution < 1.29 is 14.6 Å². The average molecular weight is 440 g/mol. The number of aliphatic hydroxyl groups excluding tert-OH is 1. The number of aliphatic hydroxyl groups is 1. The highest BCUT2D eigenvalue weighted by Crippen LogP contribution is 2.46. The number of amides is 1. The Labute approximate surface area is 184 Å². The third kappa shape index (κ3) is 3.66. The maximum atomic E-state index is 12.8. The summed E-state index contributed by atoms with van der Waals surface area (Å²) in [5.41, 5.74) is 2.68. The molecule has 5 rings (SSSR count). The van der Waals surface area contributed by atoms with Crippen LogP contribution in [0.1, 0.15) is 41.6 Å². The zero-order valence-electron chi connectivity index (χ0n) is 17.4. The van der Waals surface area contributed by atoms with E-state index in [4.69, 9.17) is 4.74 Å². The van der Waals surface area contributed by atoms with E-state index in [1.54, 1.807) is 0 Å². The Morgan fingerprint density at radius 3 is 2.94 bits per heavy atom. The number of hydrogen-bond donors (Lipinski definition) is 2. The average Bonchev–Trinajstić information content (AvgIpc) is 3.35.